The quantitative estimate of drug-likeness (QED) is 0.260. The normalized spacial score (nSPS) is 10.8. The van der Waals surface area contributed by atoms with E-state index in [-0.39, 0.29) is 22.8 Å². The summed E-state index contributed by atoms with van der Waals surface area (Å²) >= 11 is 0. The molecule has 0 unspecified atom stereocenters. The van der Waals surface area contributed by atoms with Crippen molar-refractivity contribution in [2.75, 3.05) is 19.5 Å². The van der Waals surface area contributed by atoms with Gasteiger partial charge in [0.15, 0.2) is 11.5 Å². The van der Waals surface area contributed by atoms with E-state index < -0.39 is 10.8 Å². The maximum absolute atomic E-state index is 12.5. The number of nitro benzene ring substituents is 1. The number of ether oxygens (including phenoxy) is 2. The van der Waals surface area contributed by atoms with Crippen molar-refractivity contribution in [1.82, 2.24) is 0 Å². The monoisotopic (exact) mass is 419 g/mol. The predicted molar refractivity (Wildman–Crippen MR) is 113 cm³/mol. The minimum Gasteiger partial charge on any atom is -0.493 e. The van der Waals surface area contributed by atoms with E-state index in [1.165, 1.54) is 38.5 Å². The van der Waals surface area contributed by atoms with Crippen LogP contribution in [0, 0.1) is 21.4 Å². The minimum absolute atomic E-state index is 0.112. The molecule has 1 N–H and O–H groups in total. The molecule has 31 heavy (non-hydrogen) atoms. The van der Waals surface area contributed by atoms with E-state index in [0.717, 1.165) is 0 Å². The minimum atomic E-state index is -0.654. The smallest absolute Gasteiger partial charge is 0.280 e. The molecule has 0 aliphatic rings. The highest BCUT2D eigenvalue weighted by molar-refractivity contribution is 6.09. The van der Waals surface area contributed by atoms with E-state index in [9.17, 15) is 20.2 Å². The average molecular weight is 419 g/mol. The van der Waals surface area contributed by atoms with Crippen molar-refractivity contribution in [3.63, 3.8) is 0 Å². The summed E-state index contributed by atoms with van der Waals surface area (Å²) in [6, 6.07) is 15.8. The number of nitriles is 1. The number of anilines is 1. The van der Waals surface area contributed by atoms with Crippen molar-refractivity contribution < 1.29 is 23.6 Å². The van der Waals surface area contributed by atoms with Crippen LogP contribution in [0.25, 0.3) is 17.4 Å². The predicted octanol–water partition coefficient (Wildman–Crippen LogP) is 4.42. The van der Waals surface area contributed by atoms with Gasteiger partial charge in [-0.25, -0.2) is 0 Å². The Bertz CT molecular complexity index is 1210. The molecule has 1 amide bonds. The molecule has 156 valence electrons. The molecule has 3 rings (SSSR count). The zero-order chi connectivity index (χ0) is 22.4. The molecular formula is C22H17N3O6. The van der Waals surface area contributed by atoms with Gasteiger partial charge in [-0.2, -0.15) is 5.26 Å². The number of carbonyl (C=O) groups is 1. The summed E-state index contributed by atoms with van der Waals surface area (Å²) in [6.45, 7) is 0. The lowest BCUT2D eigenvalue weighted by molar-refractivity contribution is -0.384. The molecule has 0 atom stereocenters. The maximum Gasteiger partial charge on any atom is 0.280 e. The summed E-state index contributed by atoms with van der Waals surface area (Å²) in [5.74, 6) is 0.708. The molecule has 9 nitrogen and oxygen atoms in total. The van der Waals surface area contributed by atoms with Gasteiger partial charge in [0.05, 0.1) is 24.7 Å². The fourth-order valence-electron chi connectivity index (χ4n) is 2.82. The van der Waals surface area contributed by atoms with E-state index in [1.807, 2.05) is 6.07 Å². The van der Waals surface area contributed by atoms with Crippen LogP contribution in [-0.4, -0.2) is 25.1 Å². The Kier molecular flexibility index (Phi) is 6.33. The average Bonchev–Trinajstić information content (AvgIpc) is 3.25. The molecule has 0 saturated heterocycles. The SMILES string of the molecule is COc1ccc(NC(=O)/C(C#N)=C/c2ccc(-c3ccccc3[N+](=O)[O-])o2)cc1OC. The van der Waals surface area contributed by atoms with Crippen LogP contribution in [0.5, 0.6) is 11.5 Å². The fourth-order valence-corrected chi connectivity index (χ4v) is 2.82. The summed E-state index contributed by atoms with van der Waals surface area (Å²) in [5.41, 5.74) is 0.376. The maximum atomic E-state index is 12.5. The third-order valence-corrected chi connectivity index (χ3v) is 4.29. The van der Waals surface area contributed by atoms with E-state index in [4.69, 9.17) is 13.9 Å². The van der Waals surface area contributed by atoms with E-state index >= 15 is 0 Å². The highest BCUT2D eigenvalue weighted by Crippen LogP contribution is 2.32. The number of hydrogen-bond acceptors (Lipinski definition) is 7. The third kappa shape index (κ3) is 4.71. The number of methoxy groups -OCH3 is 2. The summed E-state index contributed by atoms with van der Waals surface area (Å²) < 4.78 is 16.0. The molecule has 0 fully saturated rings. The molecule has 1 aromatic heterocycles. The van der Waals surface area contributed by atoms with Crippen LogP contribution in [0.3, 0.4) is 0 Å². The number of rotatable bonds is 7. The van der Waals surface area contributed by atoms with Gasteiger partial charge in [-0.05, 0) is 30.3 Å². The number of furan rings is 1. The lowest BCUT2D eigenvalue weighted by Gasteiger charge is -2.10. The van der Waals surface area contributed by atoms with Gasteiger partial charge in [-0.3, -0.25) is 14.9 Å². The number of benzene rings is 2. The Morgan fingerprint density at radius 3 is 2.55 bits per heavy atom. The van der Waals surface area contributed by atoms with Crippen LogP contribution in [0.2, 0.25) is 0 Å². The van der Waals surface area contributed by atoms with Crippen LogP contribution in [-0.2, 0) is 4.79 Å². The van der Waals surface area contributed by atoms with Gasteiger partial charge in [-0.1, -0.05) is 12.1 Å². The van der Waals surface area contributed by atoms with Crippen molar-refractivity contribution in [1.29, 1.82) is 5.26 Å². The second kappa shape index (κ2) is 9.28. The first-order valence-corrected chi connectivity index (χ1v) is 8.95. The molecule has 0 spiro atoms. The van der Waals surface area contributed by atoms with Gasteiger partial charge in [0.1, 0.15) is 23.2 Å². The van der Waals surface area contributed by atoms with Crippen LogP contribution < -0.4 is 14.8 Å². The van der Waals surface area contributed by atoms with Gasteiger partial charge in [0.2, 0.25) is 0 Å². The Balaban J connectivity index is 1.84. The van der Waals surface area contributed by atoms with Gasteiger partial charge in [0.25, 0.3) is 11.6 Å². The number of amides is 1. The molecule has 0 bridgehead atoms. The zero-order valence-electron chi connectivity index (χ0n) is 16.6. The molecule has 2 aromatic carbocycles. The first-order valence-electron chi connectivity index (χ1n) is 8.95. The van der Waals surface area contributed by atoms with Gasteiger partial charge < -0.3 is 19.2 Å². The van der Waals surface area contributed by atoms with Crippen LogP contribution in [0.1, 0.15) is 5.76 Å². The van der Waals surface area contributed by atoms with Crippen LogP contribution >= 0.6 is 0 Å². The Morgan fingerprint density at radius 2 is 1.87 bits per heavy atom. The molecule has 9 heteroatoms. The van der Waals surface area contributed by atoms with Crippen LogP contribution in [0.4, 0.5) is 11.4 Å². The highest BCUT2D eigenvalue weighted by atomic mass is 16.6. The summed E-state index contributed by atoms with van der Waals surface area (Å²) in [4.78, 5) is 23.2. The van der Waals surface area contributed by atoms with Gasteiger partial charge in [0, 0.05) is 23.9 Å². The summed E-state index contributed by atoms with van der Waals surface area (Å²) in [6.07, 6.45) is 1.26. The Morgan fingerprint density at radius 1 is 1.13 bits per heavy atom. The number of para-hydroxylation sites is 1. The molecule has 1 heterocycles. The second-order valence-corrected chi connectivity index (χ2v) is 6.17. The molecule has 0 saturated carbocycles. The largest absolute Gasteiger partial charge is 0.493 e. The Hall–Kier alpha value is -4.58. The standard InChI is InChI=1S/C22H17N3O6/c1-29-20-9-7-15(12-21(20)30-2)24-22(26)14(13-23)11-16-8-10-19(31-16)17-5-3-4-6-18(17)25(27)28/h3-12H,1-2H3,(H,24,26)/b14-11+. The summed E-state index contributed by atoms with van der Waals surface area (Å²) in [5, 5.41) is 23.2. The molecule has 0 aliphatic heterocycles. The van der Waals surface area contributed by atoms with E-state index in [1.54, 1.807) is 36.4 Å². The third-order valence-electron chi connectivity index (χ3n) is 4.29. The lowest BCUT2D eigenvalue weighted by atomic mass is 10.1. The Labute approximate surface area is 177 Å². The van der Waals surface area contributed by atoms with Crippen molar-refractivity contribution in [2.24, 2.45) is 0 Å². The second-order valence-electron chi connectivity index (χ2n) is 6.17. The molecular weight excluding hydrogens is 402 g/mol. The zero-order valence-corrected chi connectivity index (χ0v) is 16.6. The van der Waals surface area contributed by atoms with Crippen molar-refractivity contribution in [3.8, 4) is 28.9 Å². The first-order chi connectivity index (χ1) is 15.0. The molecule has 0 radical (unpaired) electrons. The topological polar surface area (TPSA) is 128 Å². The van der Waals surface area contributed by atoms with Gasteiger partial charge in [-0.15, -0.1) is 0 Å². The molecule has 0 aliphatic carbocycles. The van der Waals surface area contributed by atoms with E-state index in [0.29, 0.717) is 22.7 Å². The number of carbonyl (C=O) groups excluding carboxylic acids is 1. The van der Waals surface area contributed by atoms with Crippen molar-refractivity contribution >= 4 is 23.4 Å². The fraction of sp³-hybridized carbons (Fsp3) is 0.0909. The highest BCUT2D eigenvalue weighted by Gasteiger charge is 2.18. The lowest BCUT2D eigenvalue weighted by Crippen LogP contribution is -2.13. The number of nitrogens with zero attached hydrogens (tertiary/aromatic N) is 2. The first kappa shape index (κ1) is 21.1. The van der Waals surface area contributed by atoms with Crippen LogP contribution in [0.15, 0.2) is 64.6 Å². The number of nitrogens with one attached hydrogen (secondary N) is 1. The molecule has 3 aromatic rings. The van der Waals surface area contributed by atoms with E-state index in [2.05, 4.69) is 5.32 Å². The number of nitro groups is 1. The summed E-state index contributed by atoms with van der Waals surface area (Å²) in [7, 11) is 2.96. The van der Waals surface area contributed by atoms with Crippen molar-refractivity contribution in [2.45, 2.75) is 0 Å². The van der Waals surface area contributed by atoms with Crippen molar-refractivity contribution in [3.05, 3.63) is 76.0 Å². The number of hydrogen-bond donors (Lipinski definition) is 1. The van der Waals surface area contributed by atoms with Gasteiger partial charge >= 0.3 is 0 Å².